The van der Waals surface area contributed by atoms with E-state index in [1.54, 1.807) is 0 Å². The fraction of sp³-hybridized carbons (Fsp3) is 0. The van der Waals surface area contributed by atoms with Gasteiger partial charge >= 0.3 is 0 Å². The van der Waals surface area contributed by atoms with Crippen molar-refractivity contribution in [2.45, 2.75) is 0 Å². The summed E-state index contributed by atoms with van der Waals surface area (Å²) in [5.41, 5.74) is 6.98. The molecule has 4 heteroatoms. The van der Waals surface area contributed by atoms with Gasteiger partial charge in [0, 0.05) is 53.7 Å². The van der Waals surface area contributed by atoms with Gasteiger partial charge in [-0.25, -0.2) is 0 Å². The summed E-state index contributed by atoms with van der Waals surface area (Å²) >= 11 is 3.75. The first-order valence-corrected chi connectivity index (χ1v) is 20.6. The molecule has 0 saturated heterocycles. The van der Waals surface area contributed by atoms with Crippen LogP contribution in [0.25, 0.3) is 72.7 Å². The van der Waals surface area contributed by atoms with Gasteiger partial charge in [-0.05, 0) is 105 Å². The van der Waals surface area contributed by atoms with Crippen molar-refractivity contribution in [1.29, 1.82) is 0 Å². The number of nitrogens with zero attached hydrogens (tertiary/aromatic N) is 2. The van der Waals surface area contributed by atoms with Crippen LogP contribution in [0.5, 0.6) is 0 Å². The Kier molecular flexibility index (Phi) is 7.00. The maximum Gasteiger partial charge on any atom is 0.0640 e. The Bertz CT molecular complexity index is 3140. The van der Waals surface area contributed by atoms with Crippen molar-refractivity contribution in [1.82, 2.24) is 0 Å². The second kappa shape index (κ2) is 12.4. The van der Waals surface area contributed by atoms with Crippen LogP contribution in [-0.2, 0) is 0 Å². The molecule has 0 aliphatic carbocycles. The summed E-state index contributed by atoms with van der Waals surface area (Å²) in [5.74, 6) is 0. The summed E-state index contributed by atoms with van der Waals surface area (Å²) in [6.07, 6.45) is 0. The minimum absolute atomic E-state index is 1.14. The van der Waals surface area contributed by atoms with E-state index in [4.69, 9.17) is 0 Å². The summed E-state index contributed by atoms with van der Waals surface area (Å²) in [5, 5.41) is 12.8. The molecule has 0 unspecified atom stereocenters. The third-order valence-corrected chi connectivity index (χ3v) is 13.7. The Labute approximate surface area is 331 Å². The molecule has 0 bridgehead atoms. The van der Waals surface area contributed by atoms with Crippen LogP contribution in [0.15, 0.2) is 194 Å². The van der Waals surface area contributed by atoms with Crippen LogP contribution in [0.4, 0.5) is 34.1 Å². The van der Waals surface area contributed by atoms with Gasteiger partial charge in [-0.3, -0.25) is 0 Å². The number of para-hydroxylation sites is 2. The number of anilines is 6. The minimum Gasteiger partial charge on any atom is -0.309 e. The molecule has 56 heavy (non-hydrogen) atoms. The largest absolute Gasteiger partial charge is 0.309 e. The molecule has 0 N–H and O–H groups in total. The summed E-state index contributed by atoms with van der Waals surface area (Å²) < 4.78 is 5.21. The van der Waals surface area contributed by atoms with E-state index in [0.717, 1.165) is 22.7 Å². The number of thiophene rings is 2. The topological polar surface area (TPSA) is 6.48 Å². The van der Waals surface area contributed by atoms with E-state index in [-0.39, 0.29) is 0 Å². The Balaban J connectivity index is 1.05. The third-order valence-electron chi connectivity index (χ3n) is 11.3. The Morgan fingerprint density at radius 3 is 1.05 bits per heavy atom. The van der Waals surface area contributed by atoms with Crippen molar-refractivity contribution in [3.05, 3.63) is 194 Å². The highest BCUT2D eigenvalue weighted by Gasteiger charge is 2.22. The van der Waals surface area contributed by atoms with Crippen molar-refractivity contribution in [3.8, 4) is 0 Å². The molecule has 2 nitrogen and oxygen atoms in total. The number of benzene rings is 10. The van der Waals surface area contributed by atoms with Gasteiger partial charge in [0.2, 0.25) is 0 Å². The highest BCUT2D eigenvalue weighted by atomic mass is 32.1. The van der Waals surface area contributed by atoms with Crippen molar-refractivity contribution < 1.29 is 0 Å². The van der Waals surface area contributed by atoms with Gasteiger partial charge in [-0.15, -0.1) is 22.7 Å². The fourth-order valence-electron chi connectivity index (χ4n) is 8.89. The summed E-state index contributed by atoms with van der Waals surface area (Å²) in [7, 11) is 0. The molecular formula is C52H32N2S2. The third kappa shape index (κ3) is 4.80. The Morgan fingerprint density at radius 2 is 0.643 bits per heavy atom. The van der Waals surface area contributed by atoms with E-state index in [9.17, 15) is 0 Å². The molecule has 2 aromatic heterocycles. The molecule has 0 saturated carbocycles. The number of fused-ring (bicyclic) bond motifs is 6. The molecule has 0 aliphatic rings. The number of hydrogen-bond acceptors (Lipinski definition) is 4. The second-order valence-electron chi connectivity index (χ2n) is 14.5. The normalized spacial score (nSPS) is 11.9. The Hall–Kier alpha value is -6.72. The van der Waals surface area contributed by atoms with Crippen molar-refractivity contribution in [2.75, 3.05) is 9.80 Å². The molecule has 12 rings (SSSR count). The molecule has 0 atom stereocenters. The van der Waals surface area contributed by atoms with Gasteiger partial charge in [0.05, 0.1) is 20.8 Å². The molecule has 0 amide bonds. The van der Waals surface area contributed by atoms with E-state index < -0.39 is 0 Å². The molecule has 0 radical (unpaired) electrons. The number of hydrogen-bond donors (Lipinski definition) is 0. The summed E-state index contributed by atoms with van der Waals surface area (Å²) in [6, 6.07) is 71.4. The van der Waals surface area contributed by atoms with Crippen molar-refractivity contribution in [2.24, 2.45) is 0 Å². The van der Waals surface area contributed by atoms with Crippen LogP contribution in [0.1, 0.15) is 0 Å². The van der Waals surface area contributed by atoms with E-state index in [1.807, 2.05) is 22.7 Å². The second-order valence-corrected chi connectivity index (χ2v) is 16.6. The maximum absolute atomic E-state index is 2.44. The first kappa shape index (κ1) is 31.6. The van der Waals surface area contributed by atoms with Gasteiger partial charge in [-0.2, -0.15) is 0 Å². The van der Waals surface area contributed by atoms with E-state index in [0.29, 0.717) is 0 Å². The van der Waals surface area contributed by atoms with E-state index in [1.165, 1.54) is 84.0 Å². The molecule has 12 aromatic rings. The maximum atomic E-state index is 2.44. The van der Waals surface area contributed by atoms with Gasteiger partial charge in [-0.1, -0.05) is 121 Å². The molecule has 0 spiro atoms. The lowest BCUT2D eigenvalue weighted by Crippen LogP contribution is -2.10. The fourth-order valence-corrected chi connectivity index (χ4v) is 11.3. The van der Waals surface area contributed by atoms with Crippen molar-refractivity contribution in [3.63, 3.8) is 0 Å². The summed E-state index contributed by atoms with van der Waals surface area (Å²) in [4.78, 5) is 4.88. The smallest absolute Gasteiger partial charge is 0.0640 e. The van der Waals surface area contributed by atoms with Crippen molar-refractivity contribution >= 4 is 129 Å². The van der Waals surface area contributed by atoms with Gasteiger partial charge in [0.1, 0.15) is 0 Å². The predicted octanol–water partition coefficient (Wildman–Crippen LogP) is 16.3. The zero-order chi connectivity index (χ0) is 36.7. The Morgan fingerprint density at radius 1 is 0.286 bits per heavy atom. The van der Waals surface area contributed by atoms with Crippen LogP contribution >= 0.6 is 22.7 Å². The zero-order valence-corrected chi connectivity index (χ0v) is 31.8. The molecule has 262 valence electrons. The van der Waals surface area contributed by atoms with E-state index >= 15 is 0 Å². The molecule has 2 heterocycles. The average Bonchev–Trinajstić information content (AvgIpc) is 3.83. The van der Waals surface area contributed by atoms with Crippen LogP contribution in [0.2, 0.25) is 0 Å². The van der Waals surface area contributed by atoms with E-state index in [2.05, 4.69) is 204 Å². The highest BCUT2D eigenvalue weighted by molar-refractivity contribution is 7.26. The zero-order valence-electron chi connectivity index (χ0n) is 30.2. The standard InChI is InChI=1S/C52H32N2S2/c1-3-13-37(14-4-1)53(45-21-11-19-43-41-17-7-9-23-47(41)55-51(43)45)39-29-33-25-27-35-31-40(32-36-28-26-34(30-39)49(33)50(35)36)54(38-15-5-2-6-16-38)46-22-12-20-44-42-18-8-10-24-48(42)56-52(44)46/h1-32H. The van der Waals surface area contributed by atoms with Gasteiger partial charge in [0.25, 0.3) is 0 Å². The molecule has 10 aromatic carbocycles. The minimum atomic E-state index is 1.14. The lowest BCUT2D eigenvalue weighted by Gasteiger charge is -2.28. The first-order valence-electron chi connectivity index (χ1n) is 19.0. The lowest BCUT2D eigenvalue weighted by atomic mass is 9.92. The van der Waals surface area contributed by atoms with Crippen LogP contribution in [0, 0.1) is 0 Å². The van der Waals surface area contributed by atoms with Crippen LogP contribution in [-0.4, -0.2) is 0 Å². The van der Waals surface area contributed by atoms with Gasteiger partial charge < -0.3 is 9.80 Å². The monoisotopic (exact) mass is 748 g/mol. The lowest BCUT2D eigenvalue weighted by molar-refractivity contribution is 1.31. The summed E-state index contributed by atoms with van der Waals surface area (Å²) in [6.45, 7) is 0. The predicted molar refractivity (Wildman–Crippen MR) is 245 cm³/mol. The number of rotatable bonds is 6. The van der Waals surface area contributed by atoms with Crippen LogP contribution in [0.3, 0.4) is 0 Å². The highest BCUT2D eigenvalue weighted by Crippen LogP contribution is 2.49. The quantitative estimate of drug-likeness (QED) is 0.156. The average molecular weight is 749 g/mol. The van der Waals surface area contributed by atoms with Gasteiger partial charge in [0.15, 0.2) is 0 Å². The first-order chi connectivity index (χ1) is 27.8. The molecule has 0 aliphatic heterocycles. The molecular weight excluding hydrogens is 717 g/mol. The van der Waals surface area contributed by atoms with Crippen LogP contribution < -0.4 is 9.80 Å². The molecule has 0 fully saturated rings. The SMILES string of the molecule is c1ccc(N(c2cc3ccc4cc(N(c5ccccc5)c5cccc6c5sc5ccccc56)cc5ccc(c2)c3c45)c2cccc3c2sc2ccccc23)cc1.